The minimum atomic E-state index is -0.506. The minimum absolute atomic E-state index is 0.224. The Labute approximate surface area is 208 Å². The molecule has 0 bridgehead atoms. The molecule has 182 valence electrons. The van der Waals surface area contributed by atoms with Crippen molar-refractivity contribution in [3.63, 3.8) is 0 Å². The second-order valence-corrected chi connectivity index (χ2v) is 8.51. The van der Waals surface area contributed by atoms with Gasteiger partial charge >= 0.3 is 12.0 Å². The largest absolute Gasteiger partial charge is 0.465 e. The van der Waals surface area contributed by atoms with E-state index in [1.54, 1.807) is 58.1 Å². The Bertz CT molecular complexity index is 1230. The minimum Gasteiger partial charge on any atom is -0.465 e. The van der Waals surface area contributed by atoms with Crippen LogP contribution in [0.1, 0.15) is 29.8 Å². The number of hydrogen-bond donors (Lipinski definition) is 1. The van der Waals surface area contributed by atoms with Crippen LogP contribution in [0.3, 0.4) is 0 Å². The van der Waals surface area contributed by atoms with Gasteiger partial charge in [0.1, 0.15) is 6.54 Å². The van der Waals surface area contributed by atoms with Crippen molar-refractivity contribution < 1.29 is 19.1 Å². The van der Waals surface area contributed by atoms with Gasteiger partial charge in [-0.25, -0.2) is 9.48 Å². The van der Waals surface area contributed by atoms with Gasteiger partial charge in [0.25, 0.3) is 5.91 Å². The van der Waals surface area contributed by atoms with Crippen molar-refractivity contribution in [2.75, 3.05) is 24.6 Å². The molecule has 4 rings (SSSR count). The number of hydrogen-bond acceptors (Lipinski definition) is 5. The molecule has 2 aromatic carbocycles. The van der Waals surface area contributed by atoms with Crippen LogP contribution in [0.15, 0.2) is 60.9 Å². The molecule has 1 N–H and O–H groups in total. The number of amides is 3. The quantitative estimate of drug-likeness (QED) is 0.545. The predicted molar refractivity (Wildman–Crippen MR) is 132 cm³/mol. The second kappa shape index (κ2) is 10.6. The summed E-state index contributed by atoms with van der Waals surface area (Å²) in [5.74, 6) is -0.774. The molecule has 10 heteroatoms. The summed E-state index contributed by atoms with van der Waals surface area (Å²) in [7, 11) is 0. The van der Waals surface area contributed by atoms with Crippen LogP contribution in [0.5, 0.6) is 0 Å². The number of rotatable bonds is 5. The normalized spacial score (nSPS) is 15.2. The second-order valence-electron chi connectivity index (χ2n) is 8.10. The Morgan fingerprint density at radius 2 is 1.97 bits per heavy atom. The van der Waals surface area contributed by atoms with Crippen LogP contribution in [-0.2, 0) is 16.1 Å². The lowest BCUT2D eigenvalue weighted by atomic mass is 10.1. The molecule has 0 unspecified atom stereocenters. The molecule has 2 heterocycles. The van der Waals surface area contributed by atoms with Crippen LogP contribution in [-0.4, -0.2) is 58.3 Å². The summed E-state index contributed by atoms with van der Waals surface area (Å²) < 4.78 is 6.55. The predicted octanol–water partition coefficient (Wildman–Crippen LogP) is 3.65. The van der Waals surface area contributed by atoms with Gasteiger partial charge in [0.2, 0.25) is 0 Å². The molecule has 0 spiro atoms. The van der Waals surface area contributed by atoms with Crippen molar-refractivity contribution in [1.82, 2.24) is 20.0 Å². The van der Waals surface area contributed by atoms with E-state index in [2.05, 4.69) is 10.4 Å². The summed E-state index contributed by atoms with van der Waals surface area (Å²) in [6.07, 6.45) is 3.46. The number of urea groups is 1. The molecule has 1 aliphatic heterocycles. The number of halogens is 1. The van der Waals surface area contributed by atoms with Crippen LogP contribution < -0.4 is 10.2 Å². The fourth-order valence-electron chi connectivity index (χ4n) is 4.02. The highest BCUT2D eigenvalue weighted by Gasteiger charge is 2.32. The fraction of sp³-hybridized carbons (Fsp3) is 0.280. The van der Waals surface area contributed by atoms with Crippen LogP contribution >= 0.6 is 11.6 Å². The van der Waals surface area contributed by atoms with Gasteiger partial charge in [0, 0.05) is 37.2 Å². The van der Waals surface area contributed by atoms with Crippen LogP contribution in [0.4, 0.5) is 10.5 Å². The first-order chi connectivity index (χ1) is 16.9. The SMILES string of the molecule is CCOC(=O)CNC(=O)N1Cc2ccccc2N(C(=O)c2ccc(-n3cccn3)cc2Cl)C[C@H]1C. The summed E-state index contributed by atoms with van der Waals surface area (Å²) >= 11 is 6.53. The molecule has 0 saturated heterocycles. The van der Waals surface area contributed by atoms with E-state index >= 15 is 0 Å². The number of nitrogens with one attached hydrogen (secondary N) is 1. The van der Waals surface area contributed by atoms with Gasteiger partial charge in [-0.2, -0.15) is 5.10 Å². The Kier molecular flexibility index (Phi) is 7.36. The van der Waals surface area contributed by atoms with Gasteiger partial charge in [-0.15, -0.1) is 0 Å². The van der Waals surface area contributed by atoms with Gasteiger partial charge in [-0.05, 0) is 49.7 Å². The zero-order valence-corrected chi connectivity index (χ0v) is 20.2. The first kappa shape index (κ1) is 24.3. The van der Waals surface area contributed by atoms with Gasteiger partial charge in [-0.3, -0.25) is 9.59 Å². The molecule has 1 aliphatic rings. The van der Waals surface area contributed by atoms with E-state index in [4.69, 9.17) is 16.3 Å². The molecule has 1 aromatic heterocycles. The first-order valence-corrected chi connectivity index (χ1v) is 11.7. The lowest BCUT2D eigenvalue weighted by Gasteiger charge is -2.29. The van der Waals surface area contributed by atoms with Crippen molar-refractivity contribution in [2.24, 2.45) is 0 Å². The highest BCUT2D eigenvalue weighted by atomic mass is 35.5. The maximum atomic E-state index is 13.7. The third-order valence-corrected chi connectivity index (χ3v) is 6.06. The maximum Gasteiger partial charge on any atom is 0.325 e. The van der Waals surface area contributed by atoms with E-state index in [1.807, 2.05) is 31.2 Å². The zero-order chi connectivity index (χ0) is 24.9. The number of para-hydroxylation sites is 1. The molecule has 35 heavy (non-hydrogen) atoms. The number of carbonyl (C=O) groups is 3. The number of ether oxygens (including phenoxy) is 1. The maximum absolute atomic E-state index is 13.7. The average Bonchev–Trinajstić information content (AvgIpc) is 3.34. The van der Waals surface area contributed by atoms with Gasteiger partial charge < -0.3 is 19.9 Å². The lowest BCUT2D eigenvalue weighted by molar-refractivity contribution is -0.141. The van der Waals surface area contributed by atoms with Gasteiger partial charge in [-0.1, -0.05) is 29.8 Å². The average molecular weight is 496 g/mol. The lowest BCUT2D eigenvalue weighted by Crippen LogP contribution is -2.49. The van der Waals surface area contributed by atoms with Crippen molar-refractivity contribution >= 4 is 35.2 Å². The van der Waals surface area contributed by atoms with E-state index in [0.717, 1.165) is 11.3 Å². The Morgan fingerprint density at radius 3 is 2.69 bits per heavy atom. The van der Waals surface area contributed by atoms with E-state index in [9.17, 15) is 14.4 Å². The first-order valence-electron chi connectivity index (χ1n) is 11.3. The number of carbonyl (C=O) groups excluding carboxylic acids is 3. The van der Waals surface area contributed by atoms with E-state index < -0.39 is 12.0 Å². The summed E-state index contributed by atoms with van der Waals surface area (Å²) in [5.41, 5.74) is 2.61. The summed E-state index contributed by atoms with van der Waals surface area (Å²) in [5, 5.41) is 7.11. The van der Waals surface area contributed by atoms with Crippen LogP contribution in [0.25, 0.3) is 5.69 Å². The number of fused-ring (bicyclic) bond motifs is 1. The molecule has 1 atom stereocenters. The van der Waals surface area contributed by atoms with Gasteiger partial charge in [0.15, 0.2) is 0 Å². The third kappa shape index (κ3) is 5.30. The van der Waals surface area contributed by atoms with Crippen molar-refractivity contribution in [2.45, 2.75) is 26.4 Å². The number of anilines is 1. The smallest absolute Gasteiger partial charge is 0.325 e. The van der Waals surface area contributed by atoms with Crippen molar-refractivity contribution in [1.29, 1.82) is 0 Å². The fourth-order valence-corrected chi connectivity index (χ4v) is 4.28. The molecule has 0 saturated carbocycles. The number of benzene rings is 2. The monoisotopic (exact) mass is 495 g/mol. The highest BCUT2D eigenvalue weighted by molar-refractivity contribution is 6.34. The molecule has 3 amide bonds. The summed E-state index contributed by atoms with van der Waals surface area (Å²) in [6.45, 7) is 4.11. The Balaban J connectivity index is 1.59. The molecular formula is C25H26ClN5O4. The zero-order valence-electron chi connectivity index (χ0n) is 19.5. The van der Waals surface area contributed by atoms with Crippen molar-refractivity contribution in [3.8, 4) is 5.69 Å². The van der Waals surface area contributed by atoms with E-state index in [1.165, 1.54) is 0 Å². The van der Waals surface area contributed by atoms with E-state index in [-0.39, 0.29) is 38.2 Å². The molecule has 9 nitrogen and oxygen atoms in total. The van der Waals surface area contributed by atoms with Crippen LogP contribution in [0.2, 0.25) is 5.02 Å². The number of nitrogens with zero attached hydrogens (tertiary/aromatic N) is 4. The molecule has 0 aliphatic carbocycles. The molecule has 0 radical (unpaired) electrons. The number of esters is 1. The van der Waals surface area contributed by atoms with Crippen LogP contribution in [0, 0.1) is 0 Å². The molecule has 0 fully saturated rings. The van der Waals surface area contributed by atoms with Crippen molar-refractivity contribution in [3.05, 3.63) is 77.1 Å². The third-order valence-electron chi connectivity index (χ3n) is 5.75. The molecular weight excluding hydrogens is 470 g/mol. The topological polar surface area (TPSA) is 96.8 Å². The molecule has 3 aromatic rings. The Hall–Kier alpha value is -3.85. The van der Waals surface area contributed by atoms with Gasteiger partial charge in [0.05, 0.1) is 22.9 Å². The number of aromatic nitrogens is 2. The Morgan fingerprint density at radius 1 is 1.17 bits per heavy atom. The summed E-state index contributed by atoms with van der Waals surface area (Å²) in [6, 6.07) is 13.7. The highest BCUT2D eigenvalue weighted by Crippen LogP contribution is 2.30. The van der Waals surface area contributed by atoms with E-state index in [0.29, 0.717) is 16.3 Å². The standard InChI is InChI=1S/C25H26ClN5O4/c1-3-35-23(32)14-27-25(34)29-16-18-7-4-5-8-22(18)30(15-17(29)2)24(33)20-10-9-19(13-21(20)26)31-12-6-11-28-31/h4-13,17H,3,14-16H2,1-2H3,(H,27,34)/t17-/m1/s1. The summed E-state index contributed by atoms with van der Waals surface area (Å²) in [4.78, 5) is 41.5.